The summed E-state index contributed by atoms with van der Waals surface area (Å²) in [6, 6.07) is 9.24. The van der Waals surface area contributed by atoms with Crippen molar-refractivity contribution in [3.63, 3.8) is 0 Å². The summed E-state index contributed by atoms with van der Waals surface area (Å²) in [4.78, 5) is 16.6. The van der Waals surface area contributed by atoms with Crippen molar-refractivity contribution in [3.8, 4) is 0 Å². The number of alkyl carbamates (subject to hydrolysis) is 1. The molecule has 6 heteroatoms. The molecule has 2 heterocycles. The molecular formula is C23H28FN3O2. The van der Waals surface area contributed by atoms with Gasteiger partial charge in [0.2, 0.25) is 0 Å². The van der Waals surface area contributed by atoms with Gasteiger partial charge in [-0.05, 0) is 24.3 Å². The number of rotatable bonds is 4. The van der Waals surface area contributed by atoms with Crippen molar-refractivity contribution in [1.29, 1.82) is 0 Å². The Morgan fingerprint density at radius 1 is 1.21 bits per heavy atom. The first-order chi connectivity index (χ1) is 14.1. The van der Waals surface area contributed by atoms with E-state index < -0.39 is 18.0 Å². The fourth-order valence-corrected chi connectivity index (χ4v) is 4.79. The maximum absolute atomic E-state index is 14.7. The molecule has 1 aliphatic carbocycles. The van der Waals surface area contributed by atoms with Crippen LogP contribution in [-0.4, -0.2) is 17.1 Å². The van der Waals surface area contributed by atoms with Crippen LogP contribution in [0.25, 0.3) is 0 Å². The molecule has 4 rings (SSSR count). The molecule has 0 radical (unpaired) electrons. The minimum atomic E-state index is -0.530. The van der Waals surface area contributed by atoms with Gasteiger partial charge in [-0.15, -0.1) is 0 Å². The zero-order valence-electron chi connectivity index (χ0n) is 16.7. The molecule has 3 atom stereocenters. The highest BCUT2D eigenvalue weighted by atomic mass is 19.1. The first-order valence-corrected chi connectivity index (χ1v) is 10.5. The fourth-order valence-electron chi connectivity index (χ4n) is 4.79. The van der Waals surface area contributed by atoms with Gasteiger partial charge in [0.05, 0.1) is 24.1 Å². The third-order valence-corrected chi connectivity index (χ3v) is 6.31. The molecule has 1 aliphatic heterocycles. The van der Waals surface area contributed by atoms with E-state index in [1.165, 1.54) is 25.5 Å². The number of nitrogens with one attached hydrogen (secondary N) is 2. The Kier molecular flexibility index (Phi) is 5.97. The quantitative estimate of drug-likeness (QED) is 0.744. The number of halogens is 1. The number of pyridine rings is 1. The second kappa shape index (κ2) is 8.80. The molecule has 1 aromatic heterocycles. The van der Waals surface area contributed by atoms with Crippen LogP contribution in [0.1, 0.15) is 56.2 Å². The number of anilines is 1. The number of carbonyl (C=O) groups excluding carboxylic acids is 1. The molecule has 29 heavy (non-hydrogen) atoms. The Labute approximate surface area is 171 Å². The molecule has 2 aliphatic rings. The summed E-state index contributed by atoms with van der Waals surface area (Å²) < 4.78 is 20.1. The summed E-state index contributed by atoms with van der Waals surface area (Å²) in [5, 5.41) is 6.46. The SMILES string of the molecule is C[C@@H]1C(NC(=O)OCc2ccccc2)c2c(F)cncc2N[C@H]1C1CCCCC1. The average Bonchev–Trinajstić information content (AvgIpc) is 2.75. The van der Waals surface area contributed by atoms with Crippen molar-refractivity contribution in [2.24, 2.45) is 11.8 Å². The van der Waals surface area contributed by atoms with Crippen LogP contribution in [0, 0.1) is 17.7 Å². The van der Waals surface area contributed by atoms with E-state index in [0.717, 1.165) is 18.4 Å². The van der Waals surface area contributed by atoms with Crippen LogP contribution in [-0.2, 0) is 11.3 Å². The van der Waals surface area contributed by atoms with Crippen molar-refractivity contribution in [2.45, 2.75) is 57.7 Å². The number of hydrogen-bond donors (Lipinski definition) is 2. The third kappa shape index (κ3) is 4.36. The number of ether oxygens (including phenoxy) is 1. The van der Waals surface area contributed by atoms with Crippen LogP contribution in [0.4, 0.5) is 14.9 Å². The summed E-state index contributed by atoms with van der Waals surface area (Å²) in [5.41, 5.74) is 2.06. The average molecular weight is 397 g/mol. The zero-order chi connectivity index (χ0) is 20.2. The van der Waals surface area contributed by atoms with Crippen LogP contribution in [0.2, 0.25) is 0 Å². The van der Waals surface area contributed by atoms with Crippen molar-refractivity contribution < 1.29 is 13.9 Å². The molecule has 2 N–H and O–H groups in total. The molecule has 1 unspecified atom stereocenters. The highest BCUT2D eigenvalue weighted by molar-refractivity contribution is 5.69. The van der Waals surface area contributed by atoms with E-state index in [-0.39, 0.29) is 18.6 Å². The predicted molar refractivity (Wildman–Crippen MR) is 110 cm³/mol. The first kappa shape index (κ1) is 19.7. The van der Waals surface area contributed by atoms with Gasteiger partial charge < -0.3 is 15.4 Å². The highest BCUT2D eigenvalue weighted by Gasteiger charge is 2.40. The van der Waals surface area contributed by atoms with E-state index in [0.29, 0.717) is 17.2 Å². The number of hydrogen-bond acceptors (Lipinski definition) is 4. The van der Waals surface area contributed by atoms with E-state index in [2.05, 4.69) is 22.5 Å². The molecule has 2 aromatic rings. The van der Waals surface area contributed by atoms with Crippen LogP contribution < -0.4 is 10.6 Å². The molecule has 1 amide bonds. The standard InChI is InChI=1S/C23H28FN3O2/c1-15-21(17-10-6-3-7-11-17)26-19-13-25-12-18(24)20(19)22(15)27-23(28)29-14-16-8-4-2-5-9-16/h2,4-5,8-9,12-13,15,17,21-22,26H,3,6-7,10-11,14H2,1H3,(H,27,28)/t15-,21+,22?/m0/s1. The van der Waals surface area contributed by atoms with Crippen LogP contribution >= 0.6 is 0 Å². The number of carbonyl (C=O) groups is 1. The number of benzene rings is 1. The Morgan fingerprint density at radius 3 is 2.72 bits per heavy atom. The van der Waals surface area contributed by atoms with E-state index in [1.807, 2.05) is 30.3 Å². The maximum Gasteiger partial charge on any atom is 0.407 e. The number of nitrogens with zero attached hydrogens (tertiary/aromatic N) is 1. The normalized spacial score (nSPS) is 24.3. The number of amides is 1. The molecule has 0 saturated heterocycles. The smallest absolute Gasteiger partial charge is 0.407 e. The Morgan fingerprint density at radius 2 is 1.97 bits per heavy atom. The lowest BCUT2D eigenvalue weighted by Gasteiger charge is -2.43. The second-order valence-electron chi connectivity index (χ2n) is 8.19. The Balaban J connectivity index is 1.52. The maximum atomic E-state index is 14.7. The molecule has 1 aromatic carbocycles. The monoisotopic (exact) mass is 397 g/mol. The number of aromatic nitrogens is 1. The van der Waals surface area contributed by atoms with E-state index >= 15 is 0 Å². The van der Waals surface area contributed by atoms with Gasteiger partial charge >= 0.3 is 6.09 Å². The summed E-state index contributed by atoms with van der Waals surface area (Å²) >= 11 is 0. The highest BCUT2D eigenvalue weighted by Crippen LogP contribution is 2.42. The van der Waals surface area contributed by atoms with Gasteiger partial charge in [-0.1, -0.05) is 56.5 Å². The van der Waals surface area contributed by atoms with Crippen molar-refractivity contribution in [2.75, 3.05) is 5.32 Å². The molecular weight excluding hydrogens is 369 g/mol. The molecule has 0 spiro atoms. The summed E-state index contributed by atoms with van der Waals surface area (Å²) in [6.45, 7) is 2.26. The van der Waals surface area contributed by atoms with Gasteiger partial charge in [-0.25, -0.2) is 9.18 Å². The van der Waals surface area contributed by atoms with E-state index in [4.69, 9.17) is 4.74 Å². The minimum absolute atomic E-state index is 0.0341. The molecule has 1 fully saturated rings. The lowest BCUT2D eigenvalue weighted by atomic mass is 9.73. The van der Waals surface area contributed by atoms with Crippen molar-refractivity contribution in [1.82, 2.24) is 10.3 Å². The first-order valence-electron chi connectivity index (χ1n) is 10.5. The van der Waals surface area contributed by atoms with Crippen LogP contribution in [0.5, 0.6) is 0 Å². The lowest BCUT2D eigenvalue weighted by Crippen LogP contribution is -2.48. The van der Waals surface area contributed by atoms with Crippen LogP contribution in [0.3, 0.4) is 0 Å². The molecule has 5 nitrogen and oxygen atoms in total. The van der Waals surface area contributed by atoms with Gasteiger partial charge in [-0.2, -0.15) is 0 Å². The molecule has 154 valence electrons. The second-order valence-corrected chi connectivity index (χ2v) is 8.19. The fraction of sp³-hybridized carbons (Fsp3) is 0.478. The van der Waals surface area contributed by atoms with Gasteiger partial charge in [0, 0.05) is 17.5 Å². The van der Waals surface area contributed by atoms with Gasteiger partial charge in [0.15, 0.2) is 0 Å². The number of fused-ring (bicyclic) bond motifs is 1. The van der Waals surface area contributed by atoms with E-state index in [1.54, 1.807) is 6.20 Å². The van der Waals surface area contributed by atoms with Crippen LogP contribution in [0.15, 0.2) is 42.7 Å². The summed E-state index contributed by atoms with van der Waals surface area (Å²) in [6.07, 6.45) is 8.37. The minimum Gasteiger partial charge on any atom is -0.445 e. The third-order valence-electron chi connectivity index (χ3n) is 6.31. The lowest BCUT2D eigenvalue weighted by molar-refractivity contribution is 0.127. The topological polar surface area (TPSA) is 63.2 Å². The largest absolute Gasteiger partial charge is 0.445 e. The molecule has 1 saturated carbocycles. The van der Waals surface area contributed by atoms with Crippen molar-refractivity contribution >= 4 is 11.8 Å². The Bertz CT molecular complexity index is 839. The summed E-state index contributed by atoms with van der Waals surface area (Å²) in [5.74, 6) is 0.142. The Hall–Kier alpha value is -2.63. The zero-order valence-corrected chi connectivity index (χ0v) is 16.7. The van der Waals surface area contributed by atoms with E-state index in [9.17, 15) is 9.18 Å². The molecule has 0 bridgehead atoms. The predicted octanol–water partition coefficient (Wildman–Crippen LogP) is 5.20. The van der Waals surface area contributed by atoms with Gasteiger partial charge in [-0.3, -0.25) is 4.98 Å². The summed E-state index contributed by atoms with van der Waals surface area (Å²) in [7, 11) is 0. The van der Waals surface area contributed by atoms with Crippen molar-refractivity contribution in [3.05, 3.63) is 59.7 Å². The van der Waals surface area contributed by atoms with Gasteiger partial charge in [0.1, 0.15) is 12.4 Å². The van der Waals surface area contributed by atoms with Gasteiger partial charge in [0.25, 0.3) is 0 Å².